The van der Waals surface area contributed by atoms with Gasteiger partial charge in [0.1, 0.15) is 11.5 Å². The Kier molecular flexibility index (Phi) is 4.86. The first-order valence-electron chi connectivity index (χ1n) is 6.97. The van der Waals surface area contributed by atoms with E-state index in [-0.39, 0.29) is 0 Å². The average Bonchev–Trinajstić information content (AvgIpc) is 2.53. The Labute approximate surface area is 141 Å². The lowest BCUT2D eigenvalue weighted by Crippen LogP contribution is -2.19. The van der Waals surface area contributed by atoms with Gasteiger partial charge in [-0.3, -0.25) is 0 Å². The number of hydrogen-bond donors (Lipinski definition) is 0. The van der Waals surface area contributed by atoms with Gasteiger partial charge in [-0.15, -0.1) is 0 Å². The predicted molar refractivity (Wildman–Crippen MR) is 91.6 cm³/mol. The molecule has 2 aromatic rings. The summed E-state index contributed by atoms with van der Waals surface area (Å²) in [5.41, 5.74) is 2.40. The molecule has 1 unspecified atom stereocenters. The summed E-state index contributed by atoms with van der Waals surface area (Å²) >= 11 is 7.09. The molecule has 2 nitrogen and oxygen atoms in total. The van der Waals surface area contributed by atoms with Crippen LogP contribution >= 0.6 is 31.9 Å². The summed E-state index contributed by atoms with van der Waals surface area (Å²) < 4.78 is 12.8. The smallest absolute Gasteiger partial charge is 0.137 e. The first-order chi connectivity index (χ1) is 10.3. The van der Waals surface area contributed by atoms with Crippen LogP contribution in [0.5, 0.6) is 11.5 Å². The summed E-state index contributed by atoms with van der Waals surface area (Å²) in [6.07, 6.45) is 0.991. The Bertz CT molecular complexity index is 628. The fourth-order valence-corrected chi connectivity index (χ4v) is 3.56. The summed E-state index contributed by atoms with van der Waals surface area (Å²) in [5.74, 6) is 2.30. The number of hydrogen-bond acceptors (Lipinski definition) is 2. The highest BCUT2D eigenvalue weighted by Crippen LogP contribution is 2.36. The minimum atomic E-state index is 0.380. The first-order valence-corrected chi connectivity index (χ1v) is 8.89. The zero-order valence-electron chi connectivity index (χ0n) is 11.5. The Morgan fingerprint density at radius 3 is 2.86 bits per heavy atom. The highest BCUT2D eigenvalue weighted by Gasteiger charge is 2.22. The maximum Gasteiger partial charge on any atom is 0.137 e. The van der Waals surface area contributed by atoms with Gasteiger partial charge in [0.25, 0.3) is 0 Å². The molecule has 1 aliphatic rings. The average molecular weight is 412 g/mol. The quantitative estimate of drug-likeness (QED) is 0.636. The van der Waals surface area contributed by atoms with Crippen molar-refractivity contribution in [2.75, 3.05) is 13.2 Å². The maximum atomic E-state index is 6.12. The molecule has 0 aliphatic carbocycles. The topological polar surface area (TPSA) is 18.5 Å². The number of para-hydroxylation sites is 2. The van der Waals surface area contributed by atoms with Gasteiger partial charge >= 0.3 is 0 Å². The lowest BCUT2D eigenvalue weighted by Gasteiger charge is -2.26. The Hall–Kier alpha value is -1.00. The van der Waals surface area contributed by atoms with E-state index in [2.05, 4.69) is 50.1 Å². The van der Waals surface area contributed by atoms with Crippen molar-refractivity contribution in [2.24, 2.45) is 0 Å². The van der Waals surface area contributed by atoms with Crippen molar-refractivity contribution in [3.05, 3.63) is 58.1 Å². The molecule has 0 saturated carbocycles. The van der Waals surface area contributed by atoms with Gasteiger partial charge in [0.05, 0.1) is 17.7 Å². The van der Waals surface area contributed by atoms with E-state index in [1.54, 1.807) is 0 Å². The normalized spacial score (nSPS) is 17.0. The van der Waals surface area contributed by atoms with E-state index >= 15 is 0 Å². The molecule has 1 atom stereocenters. The first kappa shape index (κ1) is 14.9. The number of benzene rings is 2. The minimum Gasteiger partial charge on any atom is -0.493 e. The van der Waals surface area contributed by atoms with Crippen LogP contribution in [-0.2, 0) is 5.33 Å². The highest BCUT2D eigenvalue weighted by atomic mass is 79.9. The SMILES string of the molecule is BrCc1cccc(Br)c1OCC1CCOc2ccccc21. The van der Waals surface area contributed by atoms with Crippen molar-refractivity contribution >= 4 is 31.9 Å². The maximum absolute atomic E-state index is 6.12. The van der Waals surface area contributed by atoms with Crippen LogP contribution in [0.1, 0.15) is 23.5 Å². The number of rotatable bonds is 4. The summed E-state index contributed by atoms with van der Waals surface area (Å²) in [6.45, 7) is 1.43. The molecular weight excluding hydrogens is 396 g/mol. The van der Waals surface area contributed by atoms with Gasteiger partial charge in [0.15, 0.2) is 0 Å². The van der Waals surface area contributed by atoms with E-state index in [0.29, 0.717) is 12.5 Å². The predicted octanol–water partition coefficient (Wildman–Crippen LogP) is 5.29. The number of alkyl halides is 1. The molecular formula is C17H16Br2O2. The van der Waals surface area contributed by atoms with Crippen molar-refractivity contribution < 1.29 is 9.47 Å². The second kappa shape index (κ2) is 6.84. The number of halogens is 2. The minimum absolute atomic E-state index is 0.380. The summed E-state index contributed by atoms with van der Waals surface area (Å²) in [6, 6.07) is 14.4. The Balaban J connectivity index is 1.78. The van der Waals surface area contributed by atoms with E-state index in [1.807, 2.05) is 24.3 Å². The molecule has 0 saturated heterocycles. The highest BCUT2D eigenvalue weighted by molar-refractivity contribution is 9.10. The van der Waals surface area contributed by atoms with Crippen LogP contribution in [0, 0.1) is 0 Å². The van der Waals surface area contributed by atoms with Crippen LogP contribution in [0.25, 0.3) is 0 Å². The molecule has 0 amide bonds. The molecule has 4 heteroatoms. The van der Waals surface area contributed by atoms with Gasteiger partial charge in [-0.2, -0.15) is 0 Å². The van der Waals surface area contributed by atoms with Gasteiger partial charge in [0, 0.05) is 22.4 Å². The molecule has 0 N–H and O–H groups in total. The molecule has 2 aromatic carbocycles. The zero-order chi connectivity index (χ0) is 14.7. The molecule has 0 aromatic heterocycles. The standard InChI is InChI=1S/C17H16Br2O2/c18-10-12-4-3-6-15(19)17(12)21-11-13-8-9-20-16-7-2-1-5-14(13)16/h1-7,13H,8-11H2. The lowest BCUT2D eigenvalue weighted by atomic mass is 9.94. The molecule has 1 aliphatic heterocycles. The van der Waals surface area contributed by atoms with Crippen molar-refractivity contribution in [1.82, 2.24) is 0 Å². The molecule has 3 rings (SSSR count). The fraction of sp³-hybridized carbons (Fsp3) is 0.294. The van der Waals surface area contributed by atoms with Crippen LogP contribution < -0.4 is 9.47 Å². The molecule has 0 spiro atoms. The van der Waals surface area contributed by atoms with E-state index < -0.39 is 0 Å². The second-order valence-corrected chi connectivity index (χ2v) is 6.46. The van der Waals surface area contributed by atoms with Gasteiger partial charge in [-0.1, -0.05) is 46.3 Å². The molecule has 0 radical (unpaired) electrons. The van der Waals surface area contributed by atoms with E-state index in [9.17, 15) is 0 Å². The summed E-state index contributed by atoms with van der Waals surface area (Å²) in [7, 11) is 0. The van der Waals surface area contributed by atoms with Gasteiger partial charge in [0.2, 0.25) is 0 Å². The van der Waals surface area contributed by atoms with Crippen LogP contribution in [0.4, 0.5) is 0 Å². The van der Waals surface area contributed by atoms with Crippen LogP contribution in [0.15, 0.2) is 46.9 Å². The third-order valence-corrected chi connectivity index (χ3v) is 4.93. The van der Waals surface area contributed by atoms with E-state index in [0.717, 1.165) is 39.9 Å². The summed E-state index contributed by atoms with van der Waals surface area (Å²) in [4.78, 5) is 0. The fourth-order valence-electron chi connectivity index (χ4n) is 2.59. The number of fused-ring (bicyclic) bond motifs is 1. The van der Waals surface area contributed by atoms with Gasteiger partial charge < -0.3 is 9.47 Å². The van der Waals surface area contributed by atoms with Gasteiger partial charge in [-0.25, -0.2) is 0 Å². The molecule has 0 bridgehead atoms. The van der Waals surface area contributed by atoms with Crippen LogP contribution in [0.2, 0.25) is 0 Å². The largest absolute Gasteiger partial charge is 0.493 e. The van der Waals surface area contributed by atoms with Crippen molar-refractivity contribution in [3.8, 4) is 11.5 Å². The van der Waals surface area contributed by atoms with Crippen molar-refractivity contribution in [2.45, 2.75) is 17.7 Å². The summed E-state index contributed by atoms with van der Waals surface area (Å²) in [5, 5.41) is 0.784. The Morgan fingerprint density at radius 1 is 1.14 bits per heavy atom. The van der Waals surface area contributed by atoms with Crippen LogP contribution in [-0.4, -0.2) is 13.2 Å². The van der Waals surface area contributed by atoms with Crippen molar-refractivity contribution in [3.63, 3.8) is 0 Å². The monoisotopic (exact) mass is 410 g/mol. The second-order valence-electron chi connectivity index (χ2n) is 5.04. The van der Waals surface area contributed by atoms with Crippen molar-refractivity contribution in [1.29, 1.82) is 0 Å². The molecule has 110 valence electrons. The third-order valence-electron chi connectivity index (χ3n) is 3.70. The number of ether oxygens (including phenoxy) is 2. The molecule has 1 heterocycles. The van der Waals surface area contributed by atoms with Crippen LogP contribution in [0.3, 0.4) is 0 Å². The third kappa shape index (κ3) is 3.27. The lowest BCUT2D eigenvalue weighted by molar-refractivity contribution is 0.216. The zero-order valence-corrected chi connectivity index (χ0v) is 14.7. The van der Waals surface area contributed by atoms with E-state index in [1.165, 1.54) is 5.56 Å². The Morgan fingerprint density at radius 2 is 2.00 bits per heavy atom. The molecule has 0 fully saturated rings. The molecule has 21 heavy (non-hydrogen) atoms. The van der Waals surface area contributed by atoms with E-state index in [4.69, 9.17) is 9.47 Å². The van der Waals surface area contributed by atoms with Gasteiger partial charge in [-0.05, 0) is 34.5 Å².